The van der Waals surface area contributed by atoms with Gasteiger partial charge in [-0.3, -0.25) is 23.7 Å². The summed E-state index contributed by atoms with van der Waals surface area (Å²) in [7, 11) is -5.17. The zero-order chi connectivity index (χ0) is 31.2. The second-order valence-corrected chi connectivity index (χ2v) is 12.7. The molecule has 1 saturated carbocycles. The van der Waals surface area contributed by atoms with E-state index in [4.69, 9.17) is 15.2 Å². The number of nitrogens with two attached hydrogens (primary N) is 1. The first-order chi connectivity index (χ1) is 21.0. The molecule has 5 N–H and O–H groups in total. The molecule has 3 heterocycles. The van der Waals surface area contributed by atoms with Crippen molar-refractivity contribution in [1.29, 1.82) is 0 Å². The molecule has 4 aromatic rings. The first-order valence-corrected chi connectivity index (χ1v) is 16.4. The van der Waals surface area contributed by atoms with Crippen LogP contribution >= 0.6 is 35.5 Å². The number of aliphatic hydroxyl groups is 1. The van der Waals surface area contributed by atoms with E-state index in [0.717, 1.165) is 45.6 Å². The zero-order valence-corrected chi connectivity index (χ0v) is 25.8. The topological polar surface area (TPSA) is 214 Å². The number of fused-ring (bicyclic) bond motifs is 1. The number of aliphatic hydroxyl groups excluding tert-OH is 1. The predicted molar refractivity (Wildman–Crippen MR) is 159 cm³/mol. The number of hydrogen-bond donors (Lipinski definition) is 4. The molecular weight excluding hydrogens is 683 g/mol. The van der Waals surface area contributed by atoms with Gasteiger partial charge in [-0.15, -0.1) is 10.2 Å². The molecule has 0 radical (unpaired) electrons. The quantitative estimate of drug-likeness (QED) is 0.106. The summed E-state index contributed by atoms with van der Waals surface area (Å²) in [6.45, 7) is -0.664. The molecular formula is C26H24BrN6O9PS. The molecule has 18 heteroatoms. The minimum atomic E-state index is -5.17. The van der Waals surface area contributed by atoms with Crippen molar-refractivity contribution in [2.24, 2.45) is 0 Å². The van der Waals surface area contributed by atoms with Gasteiger partial charge in [-0.1, -0.05) is 42.1 Å². The summed E-state index contributed by atoms with van der Waals surface area (Å²) in [5.41, 5.74) is 6.72. The number of carbonyl (C=O) groups is 1. The summed E-state index contributed by atoms with van der Waals surface area (Å²) < 4.78 is 30.0. The lowest BCUT2D eigenvalue weighted by atomic mass is 9.99. The van der Waals surface area contributed by atoms with Crippen LogP contribution in [0.4, 0.5) is 5.82 Å². The number of benzene rings is 2. The van der Waals surface area contributed by atoms with E-state index in [1.807, 2.05) is 24.3 Å². The fraction of sp³-hybridized carbons (Fsp3) is 0.269. The number of esters is 1. The third-order valence-electron chi connectivity index (χ3n) is 6.89. The van der Waals surface area contributed by atoms with E-state index in [0.29, 0.717) is 15.8 Å². The molecule has 1 fully saturated rings. The highest BCUT2D eigenvalue weighted by Gasteiger charge is 2.42. The van der Waals surface area contributed by atoms with Crippen LogP contribution in [0.3, 0.4) is 0 Å². The Kier molecular flexibility index (Phi) is 8.26. The number of phosphoric acid groups is 1. The Bertz CT molecular complexity index is 1910. The van der Waals surface area contributed by atoms with Gasteiger partial charge in [-0.25, -0.2) is 9.36 Å². The molecule has 1 aliphatic heterocycles. The van der Waals surface area contributed by atoms with Crippen LogP contribution in [0.1, 0.15) is 30.6 Å². The van der Waals surface area contributed by atoms with Gasteiger partial charge in [0.1, 0.15) is 5.82 Å². The summed E-state index contributed by atoms with van der Waals surface area (Å²) in [5, 5.41) is 21.6. The summed E-state index contributed by atoms with van der Waals surface area (Å²) in [4.78, 5) is 47.3. The summed E-state index contributed by atoms with van der Waals surface area (Å²) >= 11 is 4.51. The maximum absolute atomic E-state index is 12.8. The average Bonchev–Trinajstić information content (AvgIpc) is 3.70. The Hall–Kier alpha value is -3.73. The van der Waals surface area contributed by atoms with Crippen molar-refractivity contribution < 1.29 is 38.3 Å². The normalized spacial score (nSPS) is 18.5. The highest BCUT2D eigenvalue weighted by atomic mass is 79.9. The van der Waals surface area contributed by atoms with Crippen LogP contribution < -0.4 is 11.4 Å². The SMILES string of the molecule is Nc1ccn([C@@H]2OC(COC(=O)CSc3nnc(Br)n3-c3ccc(C4CC4)c4ccccc34)=C(OP(=O)(O)O)C2O)c(=O)n1. The number of nitrogen functional groups attached to an aromatic ring is 1. The Morgan fingerprint density at radius 3 is 2.61 bits per heavy atom. The molecule has 2 aromatic carbocycles. The van der Waals surface area contributed by atoms with E-state index >= 15 is 0 Å². The van der Waals surface area contributed by atoms with Gasteiger partial charge in [0, 0.05) is 11.6 Å². The predicted octanol–water partition coefficient (Wildman–Crippen LogP) is 2.75. The van der Waals surface area contributed by atoms with Crippen LogP contribution in [-0.2, 0) is 23.4 Å². The van der Waals surface area contributed by atoms with Crippen molar-refractivity contribution in [3.8, 4) is 5.69 Å². The molecule has 1 unspecified atom stereocenters. The minimum Gasteiger partial charge on any atom is -0.464 e. The van der Waals surface area contributed by atoms with Crippen molar-refractivity contribution in [3.63, 3.8) is 0 Å². The molecule has 44 heavy (non-hydrogen) atoms. The van der Waals surface area contributed by atoms with Gasteiger partial charge in [-0.05, 0) is 57.8 Å². The van der Waals surface area contributed by atoms with Crippen LogP contribution in [0.25, 0.3) is 16.5 Å². The number of rotatable bonds is 10. The van der Waals surface area contributed by atoms with Gasteiger partial charge in [0.05, 0.1) is 11.4 Å². The zero-order valence-electron chi connectivity index (χ0n) is 22.5. The van der Waals surface area contributed by atoms with Crippen molar-refractivity contribution in [2.45, 2.75) is 36.2 Å². The number of carbonyl (C=O) groups excluding carboxylic acids is 1. The first kappa shape index (κ1) is 30.3. The summed E-state index contributed by atoms with van der Waals surface area (Å²) in [6.07, 6.45) is 0.141. The third-order valence-corrected chi connectivity index (χ3v) is 8.74. The maximum atomic E-state index is 12.8. The average molecular weight is 707 g/mol. The van der Waals surface area contributed by atoms with Crippen LogP contribution in [0.5, 0.6) is 0 Å². The van der Waals surface area contributed by atoms with E-state index < -0.39 is 49.9 Å². The van der Waals surface area contributed by atoms with E-state index in [1.165, 1.54) is 17.8 Å². The van der Waals surface area contributed by atoms with Gasteiger partial charge in [0.25, 0.3) is 0 Å². The summed E-state index contributed by atoms with van der Waals surface area (Å²) in [6, 6.07) is 13.4. The van der Waals surface area contributed by atoms with E-state index in [-0.39, 0.29) is 11.6 Å². The Balaban J connectivity index is 1.17. The minimum absolute atomic E-state index is 0.0867. The number of halogens is 1. The van der Waals surface area contributed by atoms with Gasteiger partial charge < -0.3 is 24.8 Å². The second-order valence-electron chi connectivity index (χ2n) is 9.89. The highest BCUT2D eigenvalue weighted by molar-refractivity contribution is 9.10. The maximum Gasteiger partial charge on any atom is 0.524 e. The van der Waals surface area contributed by atoms with E-state index in [2.05, 4.69) is 47.8 Å². The van der Waals surface area contributed by atoms with Crippen molar-refractivity contribution >= 4 is 58.1 Å². The number of anilines is 1. The van der Waals surface area contributed by atoms with Crippen LogP contribution in [-0.4, -0.2) is 63.6 Å². The Labute approximate surface area is 261 Å². The first-order valence-electron chi connectivity index (χ1n) is 13.1. The molecule has 2 atom stereocenters. The molecule has 230 valence electrons. The van der Waals surface area contributed by atoms with Crippen LogP contribution in [0.2, 0.25) is 0 Å². The lowest BCUT2D eigenvalue weighted by Crippen LogP contribution is -2.33. The van der Waals surface area contributed by atoms with Gasteiger partial charge in [0.2, 0.25) is 11.0 Å². The number of phosphoric ester groups is 1. The third kappa shape index (κ3) is 6.24. The number of hydrogen-bond acceptors (Lipinski definition) is 12. The number of nitrogens with zero attached hydrogens (tertiary/aromatic N) is 5. The van der Waals surface area contributed by atoms with Gasteiger partial charge in [0.15, 0.2) is 29.4 Å². The molecule has 1 aliphatic carbocycles. The van der Waals surface area contributed by atoms with Crippen LogP contribution in [0, 0.1) is 0 Å². The molecule has 0 spiro atoms. The lowest BCUT2D eigenvalue weighted by molar-refractivity contribution is -0.140. The van der Waals surface area contributed by atoms with Crippen LogP contribution in [0.15, 0.2) is 74.9 Å². The Morgan fingerprint density at radius 1 is 1.16 bits per heavy atom. The molecule has 0 bridgehead atoms. The van der Waals surface area contributed by atoms with Crippen molar-refractivity contribution in [2.75, 3.05) is 18.1 Å². The standard InChI is InChI=1S/C26H24BrN6O9PS/c27-24-30-31-26(33(24)17-8-7-14(13-5-6-13)15-3-1-2-4-16(15)17)44-12-20(34)40-11-18-22(42-43(37,38)39)21(35)23(41-18)32-10-9-19(28)29-25(32)36/h1-4,7-10,13,21,23,35H,5-6,11-12H2,(H2,28,29,36)(H2,37,38,39)/t21?,23-/m1/s1. The van der Waals surface area contributed by atoms with Crippen molar-refractivity contribution in [1.82, 2.24) is 24.3 Å². The van der Waals surface area contributed by atoms with E-state index in [9.17, 15) is 29.0 Å². The van der Waals surface area contributed by atoms with Gasteiger partial charge in [-0.2, -0.15) is 4.98 Å². The summed E-state index contributed by atoms with van der Waals surface area (Å²) in [5.74, 6) is -1.60. The number of aromatic nitrogens is 5. The highest BCUT2D eigenvalue weighted by Crippen LogP contribution is 2.46. The van der Waals surface area contributed by atoms with Crippen molar-refractivity contribution in [3.05, 3.63) is 81.0 Å². The second kappa shape index (κ2) is 12.0. The molecule has 0 saturated heterocycles. The molecule has 2 aromatic heterocycles. The number of ether oxygens (including phenoxy) is 2. The van der Waals surface area contributed by atoms with E-state index in [1.54, 1.807) is 4.57 Å². The Morgan fingerprint density at radius 2 is 1.91 bits per heavy atom. The monoisotopic (exact) mass is 706 g/mol. The largest absolute Gasteiger partial charge is 0.524 e. The number of thioether (sulfide) groups is 1. The fourth-order valence-corrected chi connectivity index (χ4v) is 6.61. The fourth-order valence-electron chi connectivity index (χ4n) is 4.84. The lowest BCUT2D eigenvalue weighted by Gasteiger charge is -2.18. The molecule has 2 aliphatic rings. The smallest absolute Gasteiger partial charge is 0.464 e. The molecule has 6 rings (SSSR count). The molecule has 15 nitrogen and oxygen atoms in total. The molecule has 0 amide bonds. The van der Waals surface area contributed by atoms with Gasteiger partial charge >= 0.3 is 19.5 Å².